The molecule has 1 amide bonds. The van der Waals surface area contributed by atoms with Crippen LogP contribution in [0, 0.1) is 5.41 Å². The zero-order valence-corrected chi connectivity index (χ0v) is 10.9. The van der Waals surface area contributed by atoms with E-state index in [-0.39, 0.29) is 5.91 Å². The summed E-state index contributed by atoms with van der Waals surface area (Å²) in [6.45, 7) is 6.76. The second-order valence-corrected chi connectivity index (χ2v) is 4.89. The average Bonchev–Trinajstić information content (AvgIpc) is 2.36. The predicted octanol–water partition coefficient (Wildman–Crippen LogP) is 1.85. The minimum atomic E-state index is -0.499. The molecule has 0 radical (unpaired) electrons. The summed E-state index contributed by atoms with van der Waals surface area (Å²) in [6, 6.07) is 8.16. The van der Waals surface area contributed by atoms with Gasteiger partial charge in [-0.1, -0.05) is 31.2 Å². The maximum absolute atomic E-state index is 11.9. The first-order valence-electron chi connectivity index (χ1n) is 6.06. The quantitative estimate of drug-likeness (QED) is 0.817. The lowest BCUT2D eigenvalue weighted by Gasteiger charge is -2.21. The van der Waals surface area contributed by atoms with Crippen LogP contribution in [0.1, 0.15) is 31.9 Å². The van der Waals surface area contributed by atoms with Gasteiger partial charge in [-0.25, -0.2) is 0 Å². The van der Waals surface area contributed by atoms with Crippen molar-refractivity contribution in [2.24, 2.45) is 11.1 Å². The fourth-order valence-electron chi connectivity index (χ4n) is 1.58. The van der Waals surface area contributed by atoms with E-state index in [0.29, 0.717) is 13.1 Å². The van der Waals surface area contributed by atoms with E-state index >= 15 is 0 Å². The number of nitrogens with one attached hydrogen (secondary N) is 1. The highest BCUT2D eigenvalue weighted by Crippen LogP contribution is 2.14. The van der Waals surface area contributed by atoms with E-state index in [1.54, 1.807) is 0 Å². The minimum Gasteiger partial charge on any atom is -0.352 e. The van der Waals surface area contributed by atoms with Crippen molar-refractivity contribution in [1.82, 2.24) is 5.32 Å². The van der Waals surface area contributed by atoms with Crippen LogP contribution in [0.25, 0.3) is 0 Å². The summed E-state index contributed by atoms with van der Waals surface area (Å²) < 4.78 is 0. The van der Waals surface area contributed by atoms with Crippen molar-refractivity contribution in [3.05, 3.63) is 35.4 Å². The normalized spacial score (nSPS) is 11.3. The average molecular weight is 234 g/mol. The molecule has 1 aromatic carbocycles. The number of carbonyl (C=O) groups is 1. The molecule has 3 N–H and O–H groups in total. The van der Waals surface area contributed by atoms with Gasteiger partial charge in [0, 0.05) is 13.1 Å². The molecule has 0 aliphatic rings. The van der Waals surface area contributed by atoms with E-state index in [1.165, 1.54) is 11.1 Å². The number of rotatable bonds is 5. The Morgan fingerprint density at radius 1 is 1.29 bits per heavy atom. The van der Waals surface area contributed by atoms with Gasteiger partial charge in [-0.15, -0.1) is 0 Å². The predicted molar refractivity (Wildman–Crippen MR) is 70.5 cm³/mol. The molecule has 94 valence electrons. The molecule has 0 aromatic heterocycles. The zero-order valence-electron chi connectivity index (χ0n) is 10.9. The van der Waals surface area contributed by atoms with Gasteiger partial charge in [-0.05, 0) is 31.4 Å². The molecule has 0 atom stereocenters. The molecule has 1 rings (SSSR count). The third-order valence-electron chi connectivity index (χ3n) is 3.06. The number of carbonyl (C=O) groups excluding carboxylic acids is 1. The molecular weight excluding hydrogens is 212 g/mol. The van der Waals surface area contributed by atoms with Crippen molar-refractivity contribution in [3.63, 3.8) is 0 Å². The van der Waals surface area contributed by atoms with Gasteiger partial charge in [-0.2, -0.15) is 0 Å². The Bertz CT molecular complexity index is 386. The van der Waals surface area contributed by atoms with Gasteiger partial charge in [0.1, 0.15) is 0 Å². The van der Waals surface area contributed by atoms with Crippen molar-refractivity contribution in [3.8, 4) is 0 Å². The van der Waals surface area contributed by atoms with Gasteiger partial charge in [0.2, 0.25) is 5.91 Å². The maximum atomic E-state index is 11.9. The number of nitrogens with two attached hydrogens (primary N) is 1. The summed E-state index contributed by atoms with van der Waals surface area (Å²) in [5, 5.41) is 2.95. The highest BCUT2D eigenvalue weighted by atomic mass is 16.2. The van der Waals surface area contributed by atoms with Crippen LogP contribution < -0.4 is 11.1 Å². The van der Waals surface area contributed by atoms with Crippen LogP contribution in [0.2, 0.25) is 0 Å². The lowest BCUT2D eigenvalue weighted by molar-refractivity contribution is -0.129. The van der Waals surface area contributed by atoms with E-state index in [2.05, 4.69) is 24.4 Å². The Morgan fingerprint density at radius 3 is 2.41 bits per heavy atom. The smallest absolute Gasteiger partial charge is 0.227 e. The summed E-state index contributed by atoms with van der Waals surface area (Å²) in [5.41, 5.74) is 7.53. The molecule has 0 saturated heterocycles. The standard InChI is InChI=1S/C14H22N2O/c1-4-11-7-5-6-8-12(11)9-16-13(17)14(2,3)10-15/h5-8H,4,9-10,15H2,1-3H3,(H,16,17). The molecule has 0 heterocycles. The van der Waals surface area contributed by atoms with Gasteiger partial charge >= 0.3 is 0 Å². The summed E-state index contributed by atoms with van der Waals surface area (Å²) >= 11 is 0. The van der Waals surface area contributed by atoms with Crippen molar-refractivity contribution >= 4 is 5.91 Å². The minimum absolute atomic E-state index is 0.00547. The van der Waals surface area contributed by atoms with E-state index in [1.807, 2.05) is 26.0 Å². The molecule has 17 heavy (non-hydrogen) atoms. The van der Waals surface area contributed by atoms with Crippen LogP contribution in [-0.4, -0.2) is 12.5 Å². The highest BCUT2D eigenvalue weighted by molar-refractivity contribution is 5.82. The fraction of sp³-hybridized carbons (Fsp3) is 0.500. The Morgan fingerprint density at radius 2 is 1.88 bits per heavy atom. The van der Waals surface area contributed by atoms with Crippen LogP contribution in [0.3, 0.4) is 0 Å². The van der Waals surface area contributed by atoms with Gasteiger partial charge in [0.25, 0.3) is 0 Å². The molecular formula is C14H22N2O. The molecule has 0 unspecified atom stereocenters. The summed E-state index contributed by atoms with van der Waals surface area (Å²) in [7, 11) is 0. The van der Waals surface area contributed by atoms with Gasteiger partial charge in [0.15, 0.2) is 0 Å². The highest BCUT2D eigenvalue weighted by Gasteiger charge is 2.25. The van der Waals surface area contributed by atoms with Crippen LogP contribution in [0.15, 0.2) is 24.3 Å². The third kappa shape index (κ3) is 3.56. The summed E-state index contributed by atoms with van der Waals surface area (Å²) in [5.74, 6) is 0.00547. The number of benzene rings is 1. The zero-order chi connectivity index (χ0) is 12.9. The Balaban J connectivity index is 2.65. The molecule has 0 aliphatic heterocycles. The number of hydrogen-bond donors (Lipinski definition) is 2. The lowest BCUT2D eigenvalue weighted by atomic mass is 9.92. The largest absolute Gasteiger partial charge is 0.352 e. The van der Waals surface area contributed by atoms with E-state index in [0.717, 1.165) is 6.42 Å². The van der Waals surface area contributed by atoms with Crippen LogP contribution >= 0.6 is 0 Å². The maximum Gasteiger partial charge on any atom is 0.227 e. The monoisotopic (exact) mass is 234 g/mol. The van der Waals surface area contributed by atoms with Crippen molar-refractivity contribution in [1.29, 1.82) is 0 Å². The first-order valence-corrected chi connectivity index (χ1v) is 6.06. The van der Waals surface area contributed by atoms with Crippen molar-refractivity contribution < 1.29 is 4.79 Å². The molecule has 1 aromatic rings. The van der Waals surface area contributed by atoms with Crippen molar-refractivity contribution in [2.75, 3.05) is 6.54 Å². The molecule has 0 spiro atoms. The van der Waals surface area contributed by atoms with Gasteiger partial charge in [0.05, 0.1) is 5.41 Å². The van der Waals surface area contributed by atoms with E-state index in [4.69, 9.17) is 5.73 Å². The van der Waals surface area contributed by atoms with Gasteiger partial charge in [-0.3, -0.25) is 4.79 Å². The first-order chi connectivity index (χ1) is 8.01. The topological polar surface area (TPSA) is 55.1 Å². The Labute approximate surface area is 103 Å². The van der Waals surface area contributed by atoms with Crippen molar-refractivity contribution in [2.45, 2.75) is 33.7 Å². The first kappa shape index (κ1) is 13.7. The second kappa shape index (κ2) is 5.82. The second-order valence-electron chi connectivity index (χ2n) is 4.89. The number of aryl methyl sites for hydroxylation is 1. The molecule has 3 heteroatoms. The van der Waals surface area contributed by atoms with E-state index < -0.39 is 5.41 Å². The number of hydrogen-bond acceptors (Lipinski definition) is 2. The van der Waals surface area contributed by atoms with Crippen LogP contribution in [-0.2, 0) is 17.8 Å². The fourth-order valence-corrected chi connectivity index (χ4v) is 1.58. The molecule has 0 saturated carbocycles. The van der Waals surface area contributed by atoms with Crippen LogP contribution in [0.4, 0.5) is 0 Å². The summed E-state index contributed by atoms with van der Waals surface area (Å²) in [6.07, 6.45) is 0.978. The number of amides is 1. The molecule has 0 bridgehead atoms. The molecule has 0 aliphatic carbocycles. The third-order valence-corrected chi connectivity index (χ3v) is 3.06. The van der Waals surface area contributed by atoms with Gasteiger partial charge < -0.3 is 11.1 Å². The van der Waals surface area contributed by atoms with Crippen LogP contribution in [0.5, 0.6) is 0 Å². The Hall–Kier alpha value is -1.35. The Kier molecular flexibility index (Phi) is 4.70. The van der Waals surface area contributed by atoms with E-state index in [9.17, 15) is 4.79 Å². The molecule has 0 fully saturated rings. The SMILES string of the molecule is CCc1ccccc1CNC(=O)C(C)(C)CN. The summed E-state index contributed by atoms with van der Waals surface area (Å²) in [4.78, 5) is 11.9. The lowest BCUT2D eigenvalue weighted by Crippen LogP contribution is -2.41. The molecule has 3 nitrogen and oxygen atoms in total.